The third kappa shape index (κ3) is 1.22. The van der Waals surface area contributed by atoms with Crippen LogP contribution >= 0.6 is 0 Å². The Bertz CT molecular complexity index is 385. The van der Waals surface area contributed by atoms with Gasteiger partial charge in [0, 0.05) is 7.05 Å². The molecule has 0 unspecified atom stereocenters. The lowest BCUT2D eigenvalue weighted by molar-refractivity contribution is -0.126. The number of hydrogen-bond acceptors (Lipinski definition) is 4. The molecule has 0 fully saturated rings. The van der Waals surface area contributed by atoms with Gasteiger partial charge >= 0.3 is 0 Å². The molecule has 0 saturated carbocycles. The fourth-order valence-corrected chi connectivity index (χ4v) is 1.33. The molecule has 2 amide bonds. The van der Waals surface area contributed by atoms with E-state index in [-0.39, 0.29) is 18.2 Å². The van der Waals surface area contributed by atoms with Crippen molar-refractivity contribution in [3.63, 3.8) is 0 Å². The van der Waals surface area contributed by atoms with Crippen molar-refractivity contribution >= 4 is 17.8 Å². The van der Waals surface area contributed by atoms with E-state index in [1.165, 1.54) is 18.1 Å². The van der Waals surface area contributed by atoms with Gasteiger partial charge in [-0.15, -0.1) is 0 Å². The van der Waals surface area contributed by atoms with Crippen molar-refractivity contribution < 1.29 is 9.59 Å². The molecule has 14 heavy (non-hydrogen) atoms. The SMILES string of the molecule is CNC(=O)C[C@H]1C(=O)Nc2ncnn21. The van der Waals surface area contributed by atoms with E-state index in [9.17, 15) is 9.59 Å². The summed E-state index contributed by atoms with van der Waals surface area (Å²) in [4.78, 5) is 26.3. The molecular formula is C7H9N5O2. The molecule has 1 atom stereocenters. The van der Waals surface area contributed by atoms with Crippen molar-refractivity contribution in [2.24, 2.45) is 0 Å². The summed E-state index contributed by atoms with van der Waals surface area (Å²) >= 11 is 0. The zero-order valence-electron chi connectivity index (χ0n) is 7.52. The first kappa shape index (κ1) is 8.67. The average molecular weight is 195 g/mol. The lowest BCUT2D eigenvalue weighted by Crippen LogP contribution is -2.26. The van der Waals surface area contributed by atoms with E-state index in [0.29, 0.717) is 5.95 Å². The molecule has 1 aromatic rings. The number of amides is 2. The third-order valence-corrected chi connectivity index (χ3v) is 2.06. The molecule has 1 aromatic heterocycles. The Labute approximate surface area is 79.5 Å². The van der Waals surface area contributed by atoms with Gasteiger partial charge in [-0.3, -0.25) is 14.9 Å². The molecule has 2 N–H and O–H groups in total. The Hall–Kier alpha value is -1.92. The summed E-state index contributed by atoms with van der Waals surface area (Å²) < 4.78 is 1.41. The van der Waals surface area contributed by atoms with Crippen LogP contribution in [0.2, 0.25) is 0 Å². The Morgan fingerprint density at radius 1 is 1.79 bits per heavy atom. The summed E-state index contributed by atoms with van der Waals surface area (Å²) in [6.45, 7) is 0. The summed E-state index contributed by atoms with van der Waals surface area (Å²) in [5, 5.41) is 8.84. The average Bonchev–Trinajstić information content (AvgIpc) is 2.70. The van der Waals surface area contributed by atoms with Gasteiger partial charge in [0.25, 0.3) is 5.91 Å². The standard InChI is InChI=1S/C7H9N5O2/c1-8-5(13)2-4-6(14)11-7-9-3-10-12(4)7/h3-4H,2H2,1H3,(H,8,13)(H,9,10,11,14)/t4-/m0/s1. The molecule has 7 nitrogen and oxygen atoms in total. The van der Waals surface area contributed by atoms with Crippen LogP contribution in [0.5, 0.6) is 0 Å². The van der Waals surface area contributed by atoms with Gasteiger partial charge in [0.1, 0.15) is 12.4 Å². The zero-order valence-corrected chi connectivity index (χ0v) is 7.52. The van der Waals surface area contributed by atoms with Gasteiger partial charge in [0.05, 0.1) is 6.42 Å². The molecule has 0 spiro atoms. The maximum Gasteiger partial charge on any atom is 0.252 e. The van der Waals surface area contributed by atoms with Crippen LogP contribution in [0.1, 0.15) is 12.5 Å². The van der Waals surface area contributed by atoms with Gasteiger partial charge < -0.3 is 5.32 Å². The van der Waals surface area contributed by atoms with Crippen LogP contribution in [0.15, 0.2) is 6.33 Å². The Balaban J connectivity index is 2.20. The van der Waals surface area contributed by atoms with Crippen LogP contribution in [0.3, 0.4) is 0 Å². The summed E-state index contributed by atoms with van der Waals surface area (Å²) in [6.07, 6.45) is 1.42. The third-order valence-electron chi connectivity index (χ3n) is 2.06. The highest BCUT2D eigenvalue weighted by molar-refractivity contribution is 5.98. The number of aromatic nitrogens is 3. The van der Waals surface area contributed by atoms with E-state index in [1.54, 1.807) is 0 Å². The van der Waals surface area contributed by atoms with Crippen LogP contribution in [-0.2, 0) is 9.59 Å². The number of fused-ring (bicyclic) bond motifs is 1. The van der Waals surface area contributed by atoms with Gasteiger partial charge in [-0.25, -0.2) is 4.68 Å². The molecule has 2 heterocycles. The van der Waals surface area contributed by atoms with Crippen molar-refractivity contribution in [2.75, 3.05) is 12.4 Å². The number of carbonyl (C=O) groups is 2. The van der Waals surface area contributed by atoms with Gasteiger partial charge in [-0.1, -0.05) is 0 Å². The first-order chi connectivity index (χ1) is 6.72. The summed E-state index contributed by atoms with van der Waals surface area (Å²) in [5.41, 5.74) is 0. The fourth-order valence-electron chi connectivity index (χ4n) is 1.33. The van der Waals surface area contributed by atoms with Crippen LogP contribution in [-0.4, -0.2) is 33.6 Å². The molecule has 0 bridgehead atoms. The predicted molar refractivity (Wildman–Crippen MR) is 46.4 cm³/mol. The second-order valence-electron chi connectivity index (χ2n) is 2.91. The maximum atomic E-state index is 11.4. The van der Waals surface area contributed by atoms with E-state index >= 15 is 0 Å². The van der Waals surface area contributed by atoms with Crippen molar-refractivity contribution in [3.05, 3.63) is 6.33 Å². The van der Waals surface area contributed by atoms with Crippen molar-refractivity contribution in [2.45, 2.75) is 12.5 Å². The summed E-state index contributed by atoms with van der Waals surface area (Å²) in [6, 6.07) is -0.576. The Morgan fingerprint density at radius 2 is 2.57 bits per heavy atom. The molecule has 0 aromatic carbocycles. The first-order valence-electron chi connectivity index (χ1n) is 4.13. The minimum atomic E-state index is -0.576. The second kappa shape index (κ2) is 3.09. The number of anilines is 1. The van der Waals surface area contributed by atoms with E-state index in [2.05, 4.69) is 20.7 Å². The van der Waals surface area contributed by atoms with Crippen molar-refractivity contribution in [1.29, 1.82) is 0 Å². The van der Waals surface area contributed by atoms with Gasteiger partial charge in [-0.05, 0) is 0 Å². The molecule has 7 heteroatoms. The summed E-state index contributed by atoms with van der Waals surface area (Å²) in [7, 11) is 1.53. The van der Waals surface area contributed by atoms with Crippen LogP contribution in [0.25, 0.3) is 0 Å². The lowest BCUT2D eigenvalue weighted by atomic mass is 10.2. The van der Waals surface area contributed by atoms with Gasteiger partial charge in [0.2, 0.25) is 11.9 Å². The highest BCUT2D eigenvalue weighted by atomic mass is 16.2. The van der Waals surface area contributed by atoms with E-state index in [0.717, 1.165) is 0 Å². The Morgan fingerprint density at radius 3 is 3.29 bits per heavy atom. The molecule has 0 aliphatic carbocycles. The van der Waals surface area contributed by atoms with Crippen molar-refractivity contribution in [3.8, 4) is 0 Å². The van der Waals surface area contributed by atoms with Crippen LogP contribution in [0, 0.1) is 0 Å². The second-order valence-corrected chi connectivity index (χ2v) is 2.91. The van der Waals surface area contributed by atoms with E-state index < -0.39 is 6.04 Å². The fraction of sp³-hybridized carbons (Fsp3) is 0.429. The smallest absolute Gasteiger partial charge is 0.252 e. The number of nitrogens with one attached hydrogen (secondary N) is 2. The zero-order chi connectivity index (χ0) is 10.1. The minimum absolute atomic E-state index is 0.0820. The molecule has 0 saturated heterocycles. The molecule has 1 aliphatic heterocycles. The van der Waals surface area contributed by atoms with E-state index in [4.69, 9.17) is 0 Å². The summed E-state index contributed by atoms with van der Waals surface area (Å²) in [5.74, 6) is -0.0541. The molecule has 1 aliphatic rings. The number of carbonyl (C=O) groups excluding carboxylic acids is 2. The minimum Gasteiger partial charge on any atom is -0.359 e. The van der Waals surface area contributed by atoms with Crippen LogP contribution in [0.4, 0.5) is 5.95 Å². The molecule has 2 rings (SSSR count). The Kier molecular flexibility index (Phi) is 1.91. The van der Waals surface area contributed by atoms with Crippen molar-refractivity contribution in [1.82, 2.24) is 20.1 Å². The number of rotatable bonds is 2. The quantitative estimate of drug-likeness (QED) is 0.627. The number of hydrogen-bond donors (Lipinski definition) is 2. The topological polar surface area (TPSA) is 88.9 Å². The molecule has 0 radical (unpaired) electrons. The highest BCUT2D eigenvalue weighted by Crippen LogP contribution is 2.23. The predicted octanol–water partition coefficient (Wildman–Crippen LogP) is -1.09. The van der Waals surface area contributed by atoms with Crippen LogP contribution < -0.4 is 10.6 Å². The monoisotopic (exact) mass is 195 g/mol. The van der Waals surface area contributed by atoms with E-state index in [1.807, 2.05) is 0 Å². The molecular weight excluding hydrogens is 186 g/mol. The first-order valence-corrected chi connectivity index (χ1v) is 4.13. The largest absolute Gasteiger partial charge is 0.359 e. The highest BCUT2D eigenvalue weighted by Gasteiger charge is 2.33. The number of nitrogens with zero attached hydrogens (tertiary/aromatic N) is 3. The maximum absolute atomic E-state index is 11.4. The lowest BCUT2D eigenvalue weighted by Gasteiger charge is -2.06. The van der Waals surface area contributed by atoms with Gasteiger partial charge in [0.15, 0.2) is 0 Å². The normalized spacial score (nSPS) is 18.9. The van der Waals surface area contributed by atoms with Gasteiger partial charge in [-0.2, -0.15) is 10.1 Å². The molecule has 74 valence electrons.